The summed E-state index contributed by atoms with van der Waals surface area (Å²) in [6.45, 7) is 4.11. The summed E-state index contributed by atoms with van der Waals surface area (Å²) in [6, 6.07) is 3.48. The zero-order chi connectivity index (χ0) is 20.2. The van der Waals surface area contributed by atoms with Crippen LogP contribution in [-0.4, -0.2) is 89.9 Å². The van der Waals surface area contributed by atoms with Crippen LogP contribution in [0.3, 0.4) is 0 Å². The van der Waals surface area contributed by atoms with E-state index < -0.39 is 6.23 Å². The fourth-order valence-corrected chi connectivity index (χ4v) is 4.23. The van der Waals surface area contributed by atoms with Crippen LogP contribution >= 0.6 is 23.7 Å². The Kier molecular flexibility index (Phi) is 7.81. The molecule has 0 spiro atoms. The lowest BCUT2D eigenvalue weighted by Gasteiger charge is -2.39. The molecule has 1 atom stereocenters. The van der Waals surface area contributed by atoms with Gasteiger partial charge in [0.1, 0.15) is 11.9 Å². The normalized spacial score (nSPS) is 20.0. The number of hydrogen-bond acceptors (Lipinski definition) is 10. The minimum absolute atomic E-state index is 0. The number of pyridine rings is 1. The number of amides is 1. The topological polar surface area (TPSA) is 114 Å². The maximum absolute atomic E-state index is 12.8. The highest BCUT2D eigenvalue weighted by Gasteiger charge is 2.28. The van der Waals surface area contributed by atoms with E-state index >= 15 is 0 Å². The van der Waals surface area contributed by atoms with E-state index in [-0.39, 0.29) is 25.0 Å². The Balaban J connectivity index is 0.00000256. The molecule has 1 amide bonds. The molecule has 2 aliphatic rings. The van der Waals surface area contributed by atoms with E-state index in [0.717, 1.165) is 18.2 Å². The summed E-state index contributed by atoms with van der Waals surface area (Å²) in [5, 5.41) is 25.1. The summed E-state index contributed by atoms with van der Waals surface area (Å²) in [4.78, 5) is 27.2. The Hall–Kier alpha value is -2.02. The number of nitrogens with one attached hydrogen (secondary N) is 1. The fourth-order valence-electron chi connectivity index (χ4n) is 3.37. The minimum Gasteiger partial charge on any atom is -0.381 e. The standard InChI is InChI=1S/C18H24N6O4S.ClH/c25-12-22-4-5-24(15(26)10-22)16-13(2-1-3-19-16)20-17(27)14-11-29-18(21-14)23-6-8-28-9-7-23;/h1-3,11,15,25-26H,4-10,12H2,(H,20,27);1H. The molecular weight excluding hydrogens is 432 g/mol. The van der Waals surface area contributed by atoms with E-state index in [2.05, 4.69) is 20.2 Å². The molecule has 2 aliphatic heterocycles. The number of thiazole rings is 1. The van der Waals surface area contributed by atoms with E-state index in [1.807, 2.05) is 0 Å². The van der Waals surface area contributed by atoms with Crippen LogP contribution in [0.4, 0.5) is 16.6 Å². The summed E-state index contributed by atoms with van der Waals surface area (Å²) >= 11 is 1.43. The van der Waals surface area contributed by atoms with Gasteiger partial charge in [-0.3, -0.25) is 9.69 Å². The third-order valence-electron chi connectivity index (χ3n) is 4.95. The van der Waals surface area contributed by atoms with Crippen molar-refractivity contribution in [3.63, 3.8) is 0 Å². The maximum Gasteiger partial charge on any atom is 0.275 e. The summed E-state index contributed by atoms with van der Waals surface area (Å²) in [5.74, 6) is 0.174. The van der Waals surface area contributed by atoms with Gasteiger partial charge >= 0.3 is 0 Å². The van der Waals surface area contributed by atoms with Gasteiger partial charge < -0.3 is 30.1 Å². The first kappa shape index (κ1) is 22.7. The number of ether oxygens (including phenoxy) is 1. The van der Waals surface area contributed by atoms with E-state index in [1.54, 1.807) is 33.5 Å². The largest absolute Gasteiger partial charge is 0.381 e. The molecule has 2 fully saturated rings. The SMILES string of the molecule is Cl.O=C(Nc1cccnc1N1CCN(CO)CC1O)c1csc(N2CCOCC2)n1. The molecule has 0 saturated carbocycles. The van der Waals surface area contributed by atoms with Crippen LogP contribution in [0.5, 0.6) is 0 Å². The molecule has 3 N–H and O–H groups in total. The highest BCUT2D eigenvalue weighted by atomic mass is 35.5. The predicted octanol–water partition coefficient (Wildman–Crippen LogP) is 0.439. The molecule has 0 aromatic carbocycles. The summed E-state index contributed by atoms with van der Waals surface area (Å²) < 4.78 is 5.35. The number of halogens is 1. The van der Waals surface area contributed by atoms with Gasteiger partial charge in [0.2, 0.25) is 0 Å². The Bertz CT molecular complexity index is 850. The average Bonchev–Trinajstić information content (AvgIpc) is 3.25. The van der Waals surface area contributed by atoms with Crippen LogP contribution in [0.2, 0.25) is 0 Å². The summed E-state index contributed by atoms with van der Waals surface area (Å²) in [7, 11) is 0. The third kappa shape index (κ3) is 4.99. The second-order valence-electron chi connectivity index (χ2n) is 6.84. The second-order valence-corrected chi connectivity index (χ2v) is 7.67. The van der Waals surface area contributed by atoms with Crippen molar-refractivity contribution < 1.29 is 19.7 Å². The lowest BCUT2D eigenvalue weighted by atomic mass is 10.2. The van der Waals surface area contributed by atoms with E-state index in [9.17, 15) is 15.0 Å². The van der Waals surface area contributed by atoms with Crippen molar-refractivity contribution in [2.24, 2.45) is 0 Å². The monoisotopic (exact) mass is 456 g/mol. The van der Waals surface area contributed by atoms with Gasteiger partial charge in [-0.05, 0) is 12.1 Å². The molecule has 2 aromatic heterocycles. The molecule has 30 heavy (non-hydrogen) atoms. The van der Waals surface area contributed by atoms with Crippen LogP contribution in [0.1, 0.15) is 10.5 Å². The molecule has 10 nitrogen and oxygen atoms in total. The molecule has 12 heteroatoms. The van der Waals surface area contributed by atoms with Crippen LogP contribution in [-0.2, 0) is 4.74 Å². The number of nitrogens with zero attached hydrogens (tertiary/aromatic N) is 5. The minimum atomic E-state index is -0.825. The number of aliphatic hydroxyl groups is 2. The zero-order valence-corrected chi connectivity index (χ0v) is 17.9. The first-order valence-corrected chi connectivity index (χ1v) is 10.4. The van der Waals surface area contributed by atoms with Crippen molar-refractivity contribution in [1.82, 2.24) is 14.9 Å². The van der Waals surface area contributed by atoms with Crippen LogP contribution in [0, 0.1) is 0 Å². The number of anilines is 3. The third-order valence-corrected chi connectivity index (χ3v) is 5.85. The van der Waals surface area contributed by atoms with Gasteiger partial charge in [-0.2, -0.15) is 0 Å². The van der Waals surface area contributed by atoms with Crippen molar-refractivity contribution >= 4 is 46.3 Å². The Morgan fingerprint density at radius 3 is 2.83 bits per heavy atom. The molecule has 164 valence electrons. The molecule has 4 rings (SSSR count). The lowest BCUT2D eigenvalue weighted by molar-refractivity contribution is 0.0292. The molecule has 2 aromatic rings. The molecule has 0 radical (unpaired) electrons. The van der Waals surface area contributed by atoms with E-state index in [1.165, 1.54) is 11.3 Å². The van der Waals surface area contributed by atoms with Crippen molar-refractivity contribution in [3.8, 4) is 0 Å². The van der Waals surface area contributed by atoms with Gasteiger partial charge in [0.25, 0.3) is 5.91 Å². The summed E-state index contributed by atoms with van der Waals surface area (Å²) in [6.07, 6.45) is 0.795. The van der Waals surface area contributed by atoms with Gasteiger partial charge in [0, 0.05) is 44.3 Å². The van der Waals surface area contributed by atoms with Gasteiger partial charge in [0.05, 0.1) is 25.6 Å². The van der Waals surface area contributed by atoms with Crippen molar-refractivity contribution in [2.75, 3.05) is 67.8 Å². The van der Waals surface area contributed by atoms with Crippen molar-refractivity contribution in [1.29, 1.82) is 0 Å². The number of carbonyl (C=O) groups excluding carboxylic acids is 1. The van der Waals surface area contributed by atoms with Crippen LogP contribution in [0.15, 0.2) is 23.7 Å². The first-order chi connectivity index (χ1) is 14.2. The number of carbonyl (C=O) groups is 1. The first-order valence-electron chi connectivity index (χ1n) is 9.48. The van der Waals surface area contributed by atoms with Crippen LogP contribution in [0.25, 0.3) is 0 Å². The average molecular weight is 457 g/mol. The number of piperazine rings is 1. The molecule has 2 saturated heterocycles. The van der Waals surface area contributed by atoms with Gasteiger partial charge in [-0.1, -0.05) is 0 Å². The molecular formula is C18H25ClN6O4S. The number of aromatic nitrogens is 2. The predicted molar refractivity (Wildman–Crippen MR) is 117 cm³/mol. The maximum atomic E-state index is 12.8. The Morgan fingerprint density at radius 2 is 2.10 bits per heavy atom. The Morgan fingerprint density at radius 1 is 1.30 bits per heavy atom. The van der Waals surface area contributed by atoms with Gasteiger partial charge in [0.15, 0.2) is 10.9 Å². The number of aliphatic hydroxyl groups excluding tert-OH is 2. The molecule has 1 unspecified atom stereocenters. The highest BCUT2D eigenvalue weighted by Crippen LogP contribution is 2.27. The molecule has 4 heterocycles. The zero-order valence-electron chi connectivity index (χ0n) is 16.3. The fraction of sp³-hybridized carbons (Fsp3) is 0.500. The van der Waals surface area contributed by atoms with E-state index in [0.29, 0.717) is 50.0 Å². The number of hydrogen-bond donors (Lipinski definition) is 3. The van der Waals surface area contributed by atoms with E-state index in [4.69, 9.17) is 4.74 Å². The Labute approximate surface area is 184 Å². The number of β-amino-alcohol motifs (C(OH)–C–C–N with tert-alkyl or cyclic N) is 1. The van der Waals surface area contributed by atoms with Gasteiger partial charge in [-0.15, -0.1) is 23.7 Å². The van der Waals surface area contributed by atoms with Crippen LogP contribution < -0.4 is 15.1 Å². The summed E-state index contributed by atoms with van der Waals surface area (Å²) in [5.41, 5.74) is 0.854. The van der Waals surface area contributed by atoms with Crippen molar-refractivity contribution in [3.05, 3.63) is 29.4 Å². The smallest absolute Gasteiger partial charge is 0.275 e. The number of morpholine rings is 1. The number of rotatable bonds is 5. The quantitative estimate of drug-likeness (QED) is 0.589. The molecule has 0 bridgehead atoms. The lowest BCUT2D eigenvalue weighted by Crippen LogP contribution is -2.53. The highest BCUT2D eigenvalue weighted by molar-refractivity contribution is 7.14. The van der Waals surface area contributed by atoms with Gasteiger partial charge in [-0.25, -0.2) is 9.97 Å². The molecule has 0 aliphatic carbocycles. The van der Waals surface area contributed by atoms with Crippen molar-refractivity contribution in [2.45, 2.75) is 6.23 Å². The second kappa shape index (κ2) is 10.3.